The molecule has 3 aromatic heterocycles. The second kappa shape index (κ2) is 6.98. The molecule has 1 N–H and O–H groups in total. The second-order valence-electron chi connectivity index (χ2n) is 8.60. The minimum atomic E-state index is -0.394. The fourth-order valence-electron chi connectivity index (χ4n) is 5.60. The molecule has 6 rings (SSSR count). The van der Waals surface area contributed by atoms with E-state index in [0.717, 1.165) is 35.4 Å². The summed E-state index contributed by atoms with van der Waals surface area (Å²) in [5.74, 6) is 1.01. The number of methoxy groups -OCH3 is 1. The van der Waals surface area contributed by atoms with Gasteiger partial charge in [-0.15, -0.1) is 0 Å². The molecule has 1 aromatic carbocycles. The SMILES string of the molecule is CO[C@]12C[C@@H](c3ncn(-c4cncc(Br)c4)n3)CN(C)[C@@H]1Cc1c[nH]c3cccc2c13. The van der Waals surface area contributed by atoms with Gasteiger partial charge in [0.1, 0.15) is 11.9 Å². The fraction of sp³-hybridized carbons (Fsp3) is 0.348. The number of hydrogen-bond donors (Lipinski definition) is 1. The Balaban J connectivity index is 1.42. The van der Waals surface area contributed by atoms with Crippen LogP contribution in [0.15, 0.2) is 53.7 Å². The first-order valence-electron chi connectivity index (χ1n) is 10.5. The van der Waals surface area contributed by atoms with E-state index in [9.17, 15) is 0 Å². The minimum Gasteiger partial charge on any atom is -0.372 e. The molecule has 1 saturated heterocycles. The normalized spacial score (nSPS) is 25.6. The van der Waals surface area contributed by atoms with Crippen molar-refractivity contribution >= 4 is 26.8 Å². The van der Waals surface area contributed by atoms with E-state index in [1.165, 1.54) is 22.0 Å². The van der Waals surface area contributed by atoms with Crippen LogP contribution in [0.2, 0.25) is 0 Å². The third-order valence-electron chi connectivity index (χ3n) is 6.98. The van der Waals surface area contributed by atoms with E-state index in [0.29, 0.717) is 0 Å². The lowest BCUT2D eigenvalue weighted by Crippen LogP contribution is -2.58. The number of likely N-dealkylation sites (N-methyl/N-ethyl adjacent to an activating group) is 1. The molecule has 2 aliphatic rings. The third-order valence-corrected chi connectivity index (χ3v) is 7.41. The molecule has 0 amide bonds. The van der Waals surface area contributed by atoms with Crippen LogP contribution in [-0.4, -0.2) is 56.4 Å². The quantitative estimate of drug-likeness (QED) is 0.484. The summed E-state index contributed by atoms with van der Waals surface area (Å²) in [5.41, 5.74) is 4.31. The van der Waals surface area contributed by atoms with Gasteiger partial charge in [0.15, 0.2) is 5.82 Å². The maximum absolute atomic E-state index is 6.39. The predicted molar refractivity (Wildman–Crippen MR) is 121 cm³/mol. The molecule has 158 valence electrons. The molecule has 8 heteroatoms. The van der Waals surface area contributed by atoms with Crippen LogP contribution < -0.4 is 0 Å². The standard InChI is InChI=1S/C23H23BrN6O/c1-29-12-15(22-27-13-30(28-22)17-7-16(24)10-25-11-17)8-23(31-2)18-4-3-5-19-21(18)14(9-26-19)6-20(23)29/h3-5,7,9-11,13,15,20,26H,6,8,12H2,1-2H3/t15-,20-,23+/m1/s1. The van der Waals surface area contributed by atoms with Crippen molar-refractivity contribution in [1.29, 1.82) is 0 Å². The van der Waals surface area contributed by atoms with Crippen molar-refractivity contribution in [2.24, 2.45) is 0 Å². The number of likely N-dealkylation sites (tertiary alicyclic amines) is 1. The second-order valence-corrected chi connectivity index (χ2v) is 9.52. The van der Waals surface area contributed by atoms with E-state index in [1.54, 1.807) is 23.4 Å². The number of benzene rings is 1. The Labute approximate surface area is 188 Å². The maximum atomic E-state index is 6.39. The van der Waals surface area contributed by atoms with Crippen molar-refractivity contribution in [2.45, 2.75) is 30.4 Å². The number of H-pyrrole nitrogens is 1. The molecule has 1 aliphatic heterocycles. The number of aromatic nitrogens is 5. The Morgan fingerprint density at radius 3 is 3.03 bits per heavy atom. The van der Waals surface area contributed by atoms with Crippen LogP contribution in [0.1, 0.15) is 29.3 Å². The van der Waals surface area contributed by atoms with Gasteiger partial charge in [-0.3, -0.25) is 9.88 Å². The summed E-state index contributed by atoms with van der Waals surface area (Å²) in [7, 11) is 4.04. The van der Waals surface area contributed by atoms with Crippen LogP contribution in [0.5, 0.6) is 0 Å². The highest BCUT2D eigenvalue weighted by Crippen LogP contribution is 2.50. The monoisotopic (exact) mass is 478 g/mol. The predicted octanol–water partition coefficient (Wildman–Crippen LogP) is 3.79. The van der Waals surface area contributed by atoms with Crippen molar-refractivity contribution in [1.82, 2.24) is 29.6 Å². The van der Waals surface area contributed by atoms with Gasteiger partial charge in [0.25, 0.3) is 0 Å². The van der Waals surface area contributed by atoms with Gasteiger partial charge >= 0.3 is 0 Å². The van der Waals surface area contributed by atoms with Crippen LogP contribution in [0, 0.1) is 0 Å². The van der Waals surface area contributed by atoms with Crippen LogP contribution in [-0.2, 0) is 16.8 Å². The maximum Gasteiger partial charge on any atom is 0.155 e. The van der Waals surface area contributed by atoms with Gasteiger partial charge in [-0.25, -0.2) is 9.67 Å². The minimum absolute atomic E-state index is 0.165. The zero-order chi connectivity index (χ0) is 21.2. The number of hydrogen-bond acceptors (Lipinski definition) is 5. The number of nitrogens with zero attached hydrogens (tertiary/aromatic N) is 5. The Morgan fingerprint density at radius 2 is 2.19 bits per heavy atom. The van der Waals surface area contributed by atoms with E-state index < -0.39 is 5.60 Å². The summed E-state index contributed by atoms with van der Waals surface area (Å²) in [4.78, 5) is 14.8. The van der Waals surface area contributed by atoms with Crippen LogP contribution in [0.4, 0.5) is 0 Å². The van der Waals surface area contributed by atoms with Gasteiger partial charge in [0.2, 0.25) is 0 Å². The molecule has 1 aliphatic carbocycles. The zero-order valence-corrected chi connectivity index (χ0v) is 19.0. The lowest BCUT2D eigenvalue weighted by atomic mass is 9.68. The summed E-state index contributed by atoms with van der Waals surface area (Å²) >= 11 is 3.48. The number of rotatable bonds is 3. The highest BCUT2D eigenvalue weighted by Gasteiger charge is 2.52. The lowest BCUT2D eigenvalue weighted by molar-refractivity contribution is -0.115. The van der Waals surface area contributed by atoms with Gasteiger partial charge in [-0.1, -0.05) is 12.1 Å². The zero-order valence-electron chi connectivity index (χ0n) is 17.4. The first-order valence-corrected chi connectivity index (χ1v) is 11.3. The molecule has 7 nitrogen and oxygen atoms in total. The van der Waals surface area contributed by atoms with E-state index in [2.05, 4.69) is 67.2 Å². The molecule has 3 atom stereocenters. The smallest absolute Gasteiger partial charge is 0.155 e. The van der Waals surface area contributed by atoms with Crippen molar-refractivity contribution in [3.05, 3.63) is 70.6 Å². The molecule has 0 radical (unpaired) electrons. The van der Waals surface area contributed by atoms with Gasteiger partial charge in [-0.05, 0) is 59.1 Å². The molecule has 0 bridgehead atoms. The van der Waals surface area contributed by atoms with Crippen LogP contribution >= 0.6 is 15.9 Å². The number of fused-ring (bicyclic) bond motifs is 2. The number of aromatic amines is 1. The van der Waals surface area contributed by atoms with Crippen molar-refractivity contribution < 1.29 is 4.74 Å². The van der Waals surface area contributed by atoms with Gasteiger partial charge in [0, 0.05) is 53.4 Å². The average Bonchev–Trinajstić information content (AvgIpc) is 3.43. The summed E-state index contributed by atoms with van der Waals surface area (Å²) in [6, 6.07) is 8.76. The molecule has 0 spiro atoms. The van der Waals surface area contributed by atoms with Gasteiger partial charge in [0.05, 0.1) is 11.9 Å². The number of ether oxygens (including phenoxy) is 1. The highest BCUT2D eigenvalue weighted by molar-refractivity contribution is 9.10. The average molecular weight is 479 g/mol. The first kappa shape index (κ1) is 19.2. The van der Waals surface area contributed by atoms with Crippen molar-refractivity contribution in [3.63, 3.8) is 0 Å². The van der Waals surface area contributed by atoms with E-state index >= 15 is 0 Å². The van der Waals surface area contributed by atoms with E-state index in [4.69, 9.17) is 9.84 Å². The molecule has 0 unspecified atom stereocenters. The molecule has 0 saturated carbocycles. The molecule has 4 heterocycles. The van der Waals surface area contributed by atoms with Gasteiger partial charge < -0.3 is 9.72 Å². The number of pyridine rings is 1. The van der Waals surface area contributed by atoms with Gasteiger partial charge in [-0.2, -0.15) is 5.10 Å². The van der Waals surface area contributed by atoms with Crippen LogP contribution in [0.3, 0.4) is 0 Å². The molecular formula is C23H23BrN6O. The summed E-state index contributed by atoms with van der Waals surface area (Å²) < 4.78 is 9.11. The fourth-order valence-corrected chi connectivity index (χ4v) is 5.95. The first-order chi connectivity index (χ1) is 15.1. The lowest BCUT2D eigenvalue weighted by Gasteiger charge is -2.52. The summed E-state index contributed by atoms with van der Waals surface area (Å²) in [6.45, 7) is 0.895. The number of halogens is 1. The number of piperidine rings is 1. The summed E-state index contributed by atoms with van der Waals surface area (Å²) in [5, 5.41) is 6.14. The Morgan fingerprint density at radius 1 is 1.29 bits per heavy atom. The molecule has 31 heavy (non-hydrogen) atoms. The Hall–Kier alpha value is -2.55. The largest absolute Gasteiger partial charge is 0.372 e. The molecular weight excluding hydrogens is 456 g/mol. The summed E-state index contributed by atoms with van der Waals surface area (Å²) in [6.07, 6.45) is 9.30. The van der Waals surface area contributed by atoms with Crippen molar-refractivity contribution in [3.8, 4) is 5.69 Å². The van der Waals surface area contributed by atoms with E-state index in [1.807, 2.05) is 13.2 Å². The molecule has 1 fully saturated rings. The van der Waals surface area contributed by atoms with Crippen LogP contribution in [0.25, 0.3) is 16.6 Å². The molecule has 4 aromatic rings. The highest BCUT2D eigenvalue weighted by atomic mass is 79.9. The number of nitrogens with one attached hydrogen (secondary N) is 1. The topological polar surface area (TPSA) is 71.9 Å². The Kier molecular flexibility index (Phi) is 4.31. The third kappa shape index (κ3) is 2.82. The Bertz CT molecular complexity index is 1280. The van der Waals surface area contributed by atoms with E-state index in [-0.39, 0.29) is 12.0 Å². The van der Waals surface area contributed by atoms with Crippen molar-refractivity contribution in [2.75, 3.05) is 20.7 Å².